The summed E-state index contributed by atoms with van der Waals surface area (Å²) in [4.78, 5) is 17.3. The Morgan fingerprint density at radius 1 is 1.53 bits per heavy atom. The maximum Gasteiger partial charge on any atom is 0.255 e. The Labute approximate surface area is 99.7 Å². The lowest BCUT2D eigenvalue weighted by molar-refractivity contribution is 0.0772. The lowest BCUT2D eigenvalue weighted by Crippen LogP contribution is -2.37. The molecule has 2 rings (SSSR count). The smallest absolute Gasteiger partial charge is 0.255 e. The third-order valence-corrected chi connectivity index (χ3v) is 4.02. The summed E-state index contributed by atoms with van der Waals surface area (Å²) in [6.45, 7) is 0. The molecule has 1 aliphatic heterocycles. The fourth-order valence-electron chi connectivity index (χ4n) is 1.64. The second-order valence-corrected chi connectivity index (χ2v) is 5.81. The van der Waals surface area contributed by atoms with Gasteiger partial charge in [0.2, 0.25) is 0 Å². The van der Waals surface area contributed by atoms with Gasteiger partial charge in [-0.05, 0) is 18.2 Å². The Kier molecular flexibility index (Phi) is 2.97. The van der Waals surface area contributed by atoms with Gasteiger partial charge >= 0.3 is 0 Å². The van der Waals surface area contributed by atoms with Gasteiger partial charge in [0.15, 0.2) is 9.84 Å². The van der Waals surface area contributed by atoms with Crippen LogP contribution in [0.4, 0.5) is 0 Å². The van der Waals surface area contributed by atoms with Crippen LogP contribution in [0.1, 0.15) is 10.4 Å². The first kappa shape index (κ1) is 11.8. The van der Waals surface area contributed by atoms with Crippen LogP contribution >= 0.6 is 0 Å². The second-order valence-electron chi connectivity index (χ2n) is 3.88. The van der Waals surface area contributed by atoms with E-state index in [2.05, 4.69) is 4.98 Å². The molecule has 1 aromatic heterocycles. The summed E-state index contributed by atoms with van der Waals surface area (Å²) in [7, 11) is -1.56. The summed E-state index contributed by atoms with van der Waals surface area (Å²) in [5.41, 5.74) is 0.452. The average molecular weight is 252 g/mol. The molecule has 1 atom stereocenters. The Bertz CT molecular complexity index is 551. The van der Waals surface area contributed by atoms with Crippen LogP contribution in [-0.4, -0.2) is 43.1 Å². The molecule has 0 spiro atoms. The Morgan fingerprint density at radius 2 is 2.29 bits per heavy atom. The van der Waals surface area contributed by atoms with Gasteiger partial charge in [-0.2, -0.15) is 0 Å². The standard InChI is InChI=1S/C11H12N2O3S/c1-13(10-4-6-17(15,16)8-10)11(14)9-3-2-5-12-7-9/h2-7,10H,8H2,1H3/t10-/m0/s1. The van der Waals surface area contributed by atoms with Crippen LogP contribution in [0.15, 0.2) is 36.0 Å². The normalized spacial score (nSPS) is 21.4. The molecule has 0 radical (unpaired) electrons. The molecule has 6 heteroatoms. The highest BCUT2D eigenvalue weighted by atomic mass is 32.2. The van der Waals surface area contributed by atoms with Crippen molar-refractivity contribution >= 4 is 15.7 Å². The third kappa shape index (κ3) is 2.52. The first-order valence-corrected chi connectivity index (χ1v) is 6.79. The van der Waals surface area contributed by atoms with Gasteiger partial charge in [0, 0.05) is 24.8 Å². The van der Waals surface area contributed by atoms with Crippen molar-refractivity contribution in [3.8, 4) is 0 Å². The zero-order valence-corrected chi connectivity index (χ0v) is 10.1. The van der Waals surface area contributed by atoms with Crippen molar-refractivity contribution in [1.82, 2.24) is 9.88 Å². The molecule has 17 heavy (non-hydrogen) atoms. The summed E-state index contributed by atoms with van der Waals surface area (Å²) >= 11 is 0. The Balaban J connectivity index is 2.15. The van der Waals surface area contributed by atoms with Crippen molar-refractivity contribution in [3.05, 3.63) is 41.6 Å². The van der Waals surface area contributed by atoms with E-state index < -0.39 is 15.9 Å². The topological polar surface area (TPSA) is 67.3 Å². The highest BCUT2D eigenvalue weighted by Crippen LogP contribution is 2.15. The summed E-state index contributed by atoms with van der Waals surface area (Å²) in [5.74, 6) is -0.278. The Morgan fingerprint density at radius 3 is 2.82 bits per heavy atom. The van der Waals surface area contributed by atoms with Crippen LogP contribution in [0.25, 0.3) is 0 Å². The molecule has 0 aromatic carbocycles. The number of sulfone groups is 1. The van der Waals surface area contributed by atoms with Gasteiger partial charge in [-0.3, -0.25) is 9.78 Å². The van der Waals surface area contributed by atoms with Crippen molar-refractivity contribution < 1.29 is 13.2 Å². The van der Waals surface area contributed by atoms with Gasteiger partial charge in [-0.25, -0.2) is 8.42 Å². The van der Waals surface area contributed by atoms with E-state index in [1.165, 1.54) is 17.2 Å². The minimum Gasteiger partial charge on any atom is -0.334 e. The van der Waals surface area contributed by atoms with Crippen LogP contribution in [0.5, 0.6) is 0 Å². The maximum atomic E-state index is 12.0. The number of carbonyl (C=O) groups excluding carboxylic acids is 1. The number of rotatable bonds is 2. The predicted octanol–water partition coefficient (Wildman–Crippen LogP) is 0.464. The summed E-state index contributed by atoms with van der Waals surface area (Å²) in [5, 5.41) is 1.16. The molecule has 5 nitrogen and oxygen atoms in total. The number of pyridine rings is 1. The second kappa shape index (κ2) is 4.29. The summed E-state index contributed by atoms with van der Waals surface area (Å²) in [6.07, 6.45) is 4.58. The number of carbonyl (C=O) groups is 1. The van der Waals surface area contributed by atoms with Crippen LogP contribution in [-0.2, 0) is 9.84 Å². The van der Waals surface area contributed by atoms with Crippen LogP contribution < -0.4 is 0 Å². The van der Waals surface area contributed by atoms with E-state index in [1.807, 2.05) is 0 Å². The molecule has 1 amide bonds. The van der Waals surface area contributed by atoms with E-state index in [9.17, 15) is 13.2 Å². The summed E-state index contributed by atoms with van der Waals surface area (Å²) in [6, 6.07) is 2.93. The molecule has 0 unspecified atom stereocenters. The van der Waals surface area contributed by atoms with Gasteiger partial charge in [-0.15, -0.1) is 0 Å². The zero-order chi connectivity index (χ0) is 12.5. The third-order valence-electron chi connectivity index (χ3n) is 2.64. The quantitative estimate of drug-likeness (QED) is 0.767. The fourth-order valence-corrected chi connectivity index (χ4v) is 2.99. The van der Waals surface area contributed by atoms with Gasteiger partial charge in [-0.1, -0.05) is 0 Å². The minimum atomic E-state index is -3.15. The molecule has 90 valence electrons. The predicted molar refractivity (Wildman–Crippen MR) is 63.0 cm³/mol. The van der Waals surface area contributed by atoms with Crippen molar-refractivity contribution in [2.75, 3.05) is 12.8 Å². The zero-order valence-electron chi connectivity index (χ0n) is 9.28. The highest BCUT2D eigenvalue weighted by Gasteiger charge is 2.28. The number of aromatic nitrogens is 1. The monoisotopic (exact) mass is 252 g/mol. The van der Waals surface area contributed by atoms with Gasteiger partial charge in [0.1, 0.15) is 0 Å². The molecular weight excluding hydrogens is 240 g/mol. The fraction of sp³-hybridized carbons (Fsp3) is 0.273. The lowest BCUT2D eigenvalue weighted by atomic mass is 10.2. The molecule has 1 aliphatic rings. The van der Waals surface area contributed by atoms with E-state index >= 15 is 0 Å². The average Bonchev–Trinajstić information content (AvgIpc) is 2.69. The van der Waals surface area contributed by atoms with Crippen molar-refractivity contribution in [2.24, 2.45) is 0 Å². The van der Waals surface area contributed by atoms with E-state index in [1.54, 1.807) is 25.4 Å². The molecule has 0 saturated carbocycles. The van der Waals surface area contributed by atoms with E-state index in [4.69, 9.17) is 0 Å². The first-order chi connectivity index (χ1) is 7.99. The molecule has 2 heterocycles. The number of hydrogen-bond donors (Lipinski definition) is 0. The number of amides is 1. The van der Waals surface area contributed by atoms with Crippen molar-refractivity contribution in [3.63, 3.8) is 0 Å². The largest absolute Gasteiger partial charge is 0.334 e. The molecule has 0 aliphatic carbocycles. The van der Waals surface area contributed by atoms with Gasteiger partial charge in [0.05, 0.1) is 17.4 Å². The molecular formula is C11H12N2O3S. The highest BCUT2D eigenvalue weighted by molar-refractivity contribution is 7.94. The Hall–Kier alpha value is -1.69. The number of hydrogen-bond acceptors (Lipinski definition) is 4. The number of likely N-dealkylation sites (N-methyl/N-ethyl adjacent to an activating group) is 1. The SMILES string of the molecule is CN(C(=O)c1cccnc1)[C@H]1C=CS(=O)(=O)C1. The van der Waals surface area contributed by atoms with E-state index in [0.29, 0.717) is 5.56 Å². The number of nitrogens with zero attached hydrogens (tertiary/aromatic N) is 2. The van der Waals surface area contributed by atoms with Crippen LogP contribution in [0, 0.1) is 0 Å². The van der Waals surface area contributed by atoms with E-state index in [-0.39, 0.29) is 11.7 Å². The molecule has 1 aromatic rings. The van der Waals surface area contributed by atoms with Crippen molar-refractivity contribution in [1.29, 1.82) is 0 Å². The van der Waals surface area contributed by atoms with Crippen LogP contribution in [0.2, 0.25) is 0 Å². The summed E-state index contributed by atoms with van der Waals surface area (Å²) < 4.78 is 22.5. The van der Waals surface area contributed by atoms with Gasteiger partial charge < -0.3 is 4.90 Å². The molecule has 0 N–H and O–H groups in total. The first-order valence-electron chi connectivity index (χ1n) is 5.08. The maximum absolute atomic E-state index is 12.0. The lowest BCUT2D eigenvalue weighted by Gasteiger charge is -2.22. The van der Waals surface area contributed by atoms with E-state index in [0.717, 1.165) is 5.41 Å². The van der Waals surface area contributed by atoms with Gasteiger partial charge in [0.25, 0.3) is 5.91 Å². The van der Waals surface area contributed by atoms with Crippen molar-refractivity contribution in [2.45, 2.75) is 6.04 Å². The minimum absolute atomic E-state index is 0.0461. The molecule has 0 bridgehead atoms. The molecule has 0 fully saturated rings. The van der Waals surface area contributed by atoms with Crippen LogP contribution in [0.3, 0.4) is 0 Å². The molecule has 0 saturated heterocycles.